The van der Waals surface area contributed by atoms with Crippen LogP contribution < -0.4 is 5.69 Å². The molecule has 1 aromatic carbocycles. The second kappa shape index (κ2) is 8.22. The molecule has 3 heterocycles. The minimum absolute atomic E-state index is 0.0502. The second-order valence-electron chi connectivity index (χ2n) is 6.89. The van der Waals surface area contributed by atoms with Crippen molar-refractivity contribution in [3.63, 3.8) is 0 Å². The Bertz CT molecular complexity index is 1140. The Hall–Kier alpha value is -3.55. The van der Waals surface area contributed by atoms with Crippen LogP contribution in [0, 0.1) is 0 Å². The first kappa shape index (κ1) is 18.8. The molecule has 0 fully saturated rings. The predicted octanol–water partition coefficient (Wildman–Crippen LogP) is 2.91. The van der Waals surface area contributed by atoms with Crippen molar-refractivity contribution in [2.24, 2.45) is 0 Å². The van der Waals surface area contributed by atoms with Crippen LogP contribution in [0.5, 0.6) is 0 Å². The van der Waals surface area contributed by atoms with Crippen molar-refractivity contribution in [3.05, 3.63) is 70.7 Å². The van der Waals surface area contributed by atoms with E-state index >= 15 is 0 Å². The summed E-state index contributed by atoms with van der Waals surface area (Å²) in [5, 5.41) is 14.1. The summed E-state index contributed by atoms with van der Waals surface area (Å²) in [4.78, 5) is 16.9. The maximum absolute atomic E-state index is 12.7. The number of H-pyrrole nitrogens is 1. The van der Waals surface area contributed by atoms with Crippen molar-refractivity contribution in [2.75, 3.05) is 0 Å². The second-order valence-corrected chi connectivity index (χ2v) is 6.89. The molecule has 0 atom stereocenters. The van der Waals surface area contributed by atoms with Crippen LogP contribution in [0.3, 0.4) is 0 Å². The van der Waals surface area contributed by atoms with Crippen molar-refractivity contribution in [2.45, 2.75) is 39.8 Å². The van der Waals surface area contributed by atoms with Crippen LogP contribution in [-0.2, 0) is 19.5 Å². The third-order valence-corrected chi connectivity index (χ3v) is 5.00. The molecule has 0 saturated heterocycles. The number of aromatic amines is 1. The molecule has 1 N–H and O–H groups in total. The highest BCUT2D eigenvalue weighted by Crippen LogP contribution is 2.29. The fourth-order valence-electron chi connectivity index (χ4n) is 3.51. The van der Waals surface area contributed by atoms with Gasteiger partial charge in [0.2, 0.25) is 0 Å². The van der Waals surface area contributed by atoms with Gasteiger partial charge in [0.25, 0.3) is 0 Å². The molecule has 0 saturated carbocycles. The number of pyridine rings is 1. The van der Waals surface area contributed by atoms with E-state index in [9.17, 15) is 4.79 Å². The van der Waals surface area contributed by atoms with E-state index in [4.69, 9.17) is 0 Å². The molecule has 3 aromatic heterocycles. The van der Waals surface area contributed by atoms with Gasteiger partial charge in [0.1, 0.15) is 0 Å². The van der Waals surface area contributed by atoms with Crippen LogP contribution in [0.2, 0.25) is 0 Å². The molecule has 0 bridgehead atoms. The van der Waals surface area contributed by atoms with E-state index in [-0.39, 0.29) is 5.69 Å². The van der Waals surface area contributed by atoms with Gasteiger partial charge in [-0.3, -0.25) is 14.1 Å². The number of aromatic nitrogens is 7. The molecular weight excluding hydrogens is 366 g/mol. The van der Waals surface area contributed by atoms with Gasteiger partial charge < -0.3 is 0 Å². The van der Waals surface area contributed by atoms with E-state index in [1.54, 1.807) is 17.0 Å². The van der Waals surface area contributed by atoms with Crippen LogP contribution in [0.25, 0.3) is 22.5 Å². The Morgan fingerprint density at radius 3 is 2.59 bits per heavy atom. The van der Waals surface area contributed by atoms with E-state index in [0.717, 1.165) is 40.8 Å². The highest BCUT2D eigenvalue weighted by atomic mass is 16.1. The molecule has 29 heavy (non-hydrogen) atoms. The van der Waals surface area contributed by atoms with Crippen molar-refractivity contribution < 1.29 is 0 Å². The van der Waals surface area contributed by atoms with E-state index in [1.165, 1.54) is 0 Å². The number of imidazole rings is 1. The summed E-state index contributed by atoms with van der Waals surface area (Å²) in [5.41, 5.74) is 5.08. The molecular formula is C21H23N7O. The average molecular weight is 389 g/mol. The van der Waals surface area contributed by atoms with Gasteiger partial charge in [0, 0.05) is 36.4 Å². The Kier molecular flexibility index (Phi) is 5.33. The lowest BCUT2D eigenvalue weighted by Gasteiger charge is -2.09. The molecule has 8 nitrogen and oxygen atoms in total. The quantitative estimate of drug-likeness (QED) is 0.524. The fraction of sp³-hybridized carbons (Fsp3) is 0.286. The fourth-order valence-corrected chi connectivity index (χ4v) is 3.51. The Morgan fingerprint density at radius 2 is 1.90 bits per heavy atom. The van der Waals surface area contributed by atoms with Gasteiger partial charge in [-0.2, -0.15) is 0 Å². The number of aryl methyl sites for hydroxylation is 2. The standard InChI is InChI=1S/C21H23N7O/c1-3-5-17-14-27(4-2)21(29)28(17)13-15-6-8-16(9-7-15)18-10-11-22-12-19(18)20-23-25-26-24-20/h6-12,14H,3-5,13H2,1-2H3,(H,23,24,25,26). The first-order valence-electron chi connectivity index (χ1n) is 9.77. The lowest BCUT2D eigenvalue weighted by molar-refractivity contribution is 0.653. The Balaban J connectivity index is 1.64. The molecule has 148 valence electrons. The van der Waals surface area contributed by atoms with Gasteiger partial charge in [-0.15, -0.1) is 5.10 Å². The molecule has 0 spiro atoms. The summed E-state index contributed by atoms with van der Waals surface area (Å²) in [5.74, 6) is 0.578. The zero-order valence-electron chi connectivity index (χ0n) is 16.5. The lowest BCUT2D eigenvalue weighted by atomic mass is 10.00. The van der Waals surface area contributed by atoms with Gasteiger partial charge in [-0.05, 0) is 46.5 Å². The number of hydrogen-bond acceptors (Lipinski definition) is 5. The normalized spacial score (nSPS) is 11.1. The Morgan fingerprint density at radius 1 is 1.07 bits per heavy atom. The average Bonchev–Trinajstić information content (AvgIpc) is 3.39. The topological polar surface area (TPSA) is 94.3 Å². The summed E-state index contributed by atoms with van der Waals surface area (Å²) in [6, 6.07) is 10.2. The number of rotatable bonds is 7. The number of nitrogens with one attached hydrogen (secondary N) is 1. The zero-order chi connectivity index (χ0) is 20.2. The summed E-state index contributed by atoms with van der Waals surface area (Å²) < 4.78 is 3.65. The highest BCUT2D eigenvalue weighted by molar-refractivity contribution is 5.79. The van der Waals surface area contributed by atoms with Gasteiger partial charge in [-0.25, -0.2) is 9.89 Å². The zero-order valence-corrected chi connectivity index (χ0v) is 16.5. The number of nitrogens with zero attached hydrogens (tertiary/aromatic N) is 6. The molecule has 8 heteroatoms. The lowest BCUT2D eigenvalue weighted by Crippen LogP contribution is -2.25. The number of hydrogen-bond donors (Lipinski definition) is 1. The van der Waals surface area contributed by atoms with Crippen LogP contribution >= 0.6 is 0 Å². The minimum atomic E-state index is 0.0502. The molecule has 0 amide bonds. The predicted molar refractivity (Wildman–Crippen MR) is 110 cm³/mol. The van der Waals surface area contributed by atoms with E-state index < -0.39 is 0 Å². The van der Waals surface area contributed by atoms with Crippen LogP contribution in [0.15, 0.2) is 53.7 Å². The summed E-state index contributed by atoms with van der Waals surface area (Å²) in [6.07, 6.45) is 7.38. The van der Waals surface area contributed by atoms with Gasteiger partial charge in [0.05, 0.1) is 6.54 Å². The SMILES string of the molecule is CCCc1cn(CC)c(=O)n1Cc1ccc(-c2ccncc2-c2nnn[nH]2)cc1. The largest absolute Gasteiger partial charge is 0.328 e. The number of benzene rings is 1. The van der Waals surface area contributed by atoms with Crippen LogP contribution in [-0.4, -0.2) is 34.7 Å². The van der Waals surface area contributed by atoms with Crippen LogP contribution in [0.4, 0.5) is 0 Å². The van der Waals surface area contributed by atoms with Gasteiger partial charge in [0.15, 0.2) is 5.82 Å². The molecule has 0 aliphatic rings. The minimum Gasteiger partial charge on any atom is -0.299 e. The molecule has 0 aliphatic carbocycles. The molecule has 0 aliphatic heterocycles. The third kappa shape index (κ3) is 3.73. The summed E-state index contributed by atoms with van der Waals surface area (Å²) in [7, 11) is 0. The molecule has 0 radical (unpaired) electrons. The van der Waals surface area contributed by atoms with Crippen LogP contribution in [0.1, 0.15) is 31.5 Å². The van der Waals surface area contributed by atoms with Crippen molar-refractivity contribution in [1.29, 1.82) is 0 Å². The third-order valence-electron chi connectivity index (χ3n) is 5.00. The Labute approximate surface area is 168 Å². The number of tetrazole rings is 1. The smallest absolute Gasteiger partial charge is 0.299 e. The van der Waals surface area contributed by atoms with Gasteiger partial charge >= 0.3 is 5.69 Å². The van der Waals surface area contributed by atoms with E-state index in [0.29, 0.717) is 18.9 Å². The highest BCUT2D eigenvalue weighted by Gasteiger charge is 2.12. The molecule has 4 rings (SSSR count). The first-order chi connectivity index (χ1) is 14.2. The van der Waals surface area contributed by atoms with Crippen molar-refractivity contribution >= 4 is 0 Å². The maximum Gasteiger partial charge on any atom is 0.328 e. The van der Waals surface area contributed by atoms with Gasteiger partial charge in [-0.1, -0.05) is 37.6 Å². The van der Waals surface area contributed by atoms with Crippen molar-refractivity contribution in [1.82, 2.24) is 34.7 Å². The van der Waals surface area contributed by atoms with Crippen molar-refractivity contribution in [3.8, 4) is 22.5 Å². The van der Waals surface area contributed by atoms with E-state index in [1.807, 2.05) is 23.8 Å². The first-order valence-corrected chi connectivity index (χ1v) is 9.77. The summed E-state index contributed by atoms with van der Waals surface area (Å²) in [6.45, 7) is 5.37. The maximum atomic E-state index is 12.7. The molecule has 4 aromatic rings. The van der Waals surface area contributed by atoms with E-state index in [2.05, 4.69) is 56.8 Å². The monoisotopic (exact) mass is 389 g/mol. The summed E-state index contributed by atoms with van der Waals surface area (Å²) >= 11 is 0. The molecule has 0 unspecified atom stereocenters.